The number of hydrogen-bond acceptors (Lipinski definition) is 3. The van der Waals surface area contributed by atoms with Crippen LogP contribution in [0.15, 0.2) is 78.9 Å². The largest absolute Gasteiger partial charge is 0.347 e. The average molecular weight is 516 g/mol. The van der Waals surface area contributed by atoms with Gasteiger partial charge in [-0.25, -0.2) is 0 Å². The van der Waals surface area contributed by atoms with Crippen molar-refractivity contribution in [2.75, 3.05) is 26.2 Å². The van der Waals surface area contributed by atoms with E-state index in [4.69, 9.17) is 11.6 Å². The Morgan fingerprint density at radius 2 is 1.68 bits per heavy atom. The SMILES string of the molecule is CC(=O)NC1(c2ccccc2)CCN(CCC2c3ccccc3CCN2C(=O)c2cccc(Cl)c2)CC1. The summed E-state index contributed by atoms with van der Waals surface area (Å²) in [6.45, 7) is 4.98. The van der Waals surface area contributed by atoms with E-state index in [9.17, 15) is 9.59 Å². The van der Waals surface area contributed by atoms with Gasteiger partial charge in [-0.15, -0.1) is 0 Å². The van der Waals surface area contributed by atoms with Gasteiger partial charge < -0.3 is 15.1 Å². The highest BCUT2D eigenvalue weighted by Crippen LogP contribution is 2.36. The van der Waals surface area contributed by atoms with Gasteiger partial charge in [-0.2, -0.15) is 0 Å². The lowest BCUT2D eigenvalue weighted by atomic mass is 9.80. The number of carbonyl (C=O) groups excluding carboxylic acids is 2. The number of likely N-dealkylation sites (tertiary alicyclic amines) is 1. The fraction of sp³-hybridized carbons (Fsp3) is 0.355. The molecule has 2 aliphatic rings. The van der Waals surface area contributed by atoms with Crippen LogP contribution in [0.1, 0.15) is 59.3 Å². The third kappa shape index (κ3) is 5.58. The Hall–Kier alpha value is -3.15. The van der Waals surface area contributed by atoms with Crippen molar-refractivity contribution in [1.29, 1.82) is 0 Å². The predicted octanol–water partition coefficient (Wildman–Crippen LogP) is 5.60. The summed E-state index contributed by atoms with van der Waals surface area (Å²) in [7, 11) is 0. The molecule has 5 rings (SSSR count). The maximum absolute atomic E-state index is 13.6. The second-order valence-electron chi connectivity index (χ2n) is 10.2. The summed E-state index contributed by atoms with van der Waals surface area (Å²) in [5.74, 6) is 0.0423. The summed E-state index contributed by atoms with van der Waals surface area (Å²) >= 11 is 6.20. The van der Waals surface area contributed by atoms with Crippen LogP contribution in [-0.2, 0) is 16.8 Å². The second-order valence-corrected chi connectivity index (χ2v) is 10.7. The molecule has 2 heterocycles. The van der Waals surface area contributed by atoms with Gasteiger partial charge in [0.15, 0.2) is 0 Å². The number of piperidine rings is 1. The van der Waals surface area contributed by atoms with E-state index in [1.165, 1.54) is 16.7 Å². The fourth-order valence-corrected chi connectivity index (χ4v) is 6.23. The average Bonchev–Trinajstić information content (AvgIpc) is 2.92. The van der Waals surface area contributed by atoms with Gasteiger partial charge in [0.05, 0.1) is 11.6 Å². The predicted molar refractivity (Wildman–Crippen MR) is 148 cm³/mol. The Kier molecular flexibility index (Phi) is 7.63. The van der Waals surface area contributed by atoms with Crippen LogP contribution in [-0.4, -0.2) is 47.8 Å². The molecule has 1 N–H and O–H groups in total. The van der Waals surface area contributed by atoms with Crippen LogP contribution in [0.2, 0.25) is 5.02 Å². The normalized spacial score (nSPS) is 19.2. The van der Waals surface area contributed by atoms with Crippen LogP contribution >= 0.6 is 11.6 Å². The number of amides is 2. The molecule has 0 bridgehead atoms. The molecule has 0 radical (unpaired) electrons. The van der Waals surface area contributed by atoms with E-state index in [1.807, 2.05) is 35.2 Å². The van der Waals surface area contributed by atoms with E-state index in [1.54, 1.807) is 19.1 Å². The molecule has 1 unspecified atom stereocenters. The van der Waals surface area contributed by atoms with Gasteiger partial charge in [0.25, 0.3) is 5.91 Å². The van der Waals surface area contributed by atoms with Crippen LogP contribution in [0, 0.1) is 0 Å². The van der Waals surface area contributed by atoms with Crippen molar-refractivity contribution < 1.29 is 9.59 Å². The Morgan fingerprint density at radius 1 is 0.946 bits per heavy atom. The molecule has 37 heavy (non-hydrogen) atoms. The smallest absolute Gasteiger partial charge is 0.254 e. The molecule has 6 heteroatoms. The van der Waals surface area contributed by atoms with Gasteiger partial charge >= 0.3 is 0 Å². The van der Waals surface area contributed by atoms with Gasteiger partial charge in [-0.05, 0) is 60.6 Å². The van der Waals surface area contributed by atoms with Crippen molar-refractivity contribution in [3.05, 3.63) is 106 Å². The number of rotatable bonds is 6. The topological polar surface area (TPSA) is 52.7 Å². The molecule has 0 saturated carbocycles. The Bertz CT molecular complexity index is 1250. The first-order valence-corrected chi connectivity index (χ1v) is 13.5. The molecular formula is C31H34ClN3O2. The van der Waals surface area contributed by atoms with Crippen LogP contribution in [0.3, 0.4) is 0 Å². The quantitative estimate of drug-likeness (QED) is 0.465. The molecule has 2 aliphatic heterocycles. The lowest BCUT2D eigenvalue weighted by Gasteiger charge is -2.44. The maximum Gasteiger partial charge on any atom is 0.254 e. The Labute approximate surface area is 224 Å². The summed E-state index contributed by atoms with van der Waals surface area (Å²) < 4.78 is 0. The maximum atomic E-state index is 13.6. The molecule has 3 aromatic rings. The lowest BCUT2D eigenvalue weighted by molar-refractivity contribution is -0.121. The Balaban J connectivity index is 1.31. The summed E-state index contributed by atoms with van der Waals surface area (Å²) in [5.41, 5.74) is 4.06. The standard InChI is InChI=1S/C31H34ClN3O2/c1-23(36)33-31(26-10-3-2-4-11-26)16-20-34(21-17-31)18-15-29-28-13-6-5-8-24(28)14-19-35(29)30(37)25-9-7-12-27(32)22-25/h2-13,22,29H,14-21H2,1H3,(H,33,36). The molecule has 1 fully saturated rings. The van der Waals surface area contributed by atoms with E-state index in [0.717, 1.165) is 45.3 Å². The van der Waals surface area contributed by atoms with Crippen LogP contribution in [0.4, 0.5) is 0 Å². The third-order valence-electron chi connectivity index (χ3n) is 7.91. The zero-order valence-corrected chi connectivity index (χ0v) is 22.1. The van der Waals surface area contributed by atoms with E-state index >= 15 is 0 Å². The van der Waals surface area contributed by atoms with Crippen LogP contribution in [0.25, 0.3) is 0 Å². The highest BCUT2D eigenvalue weighted by atomic mass is 35.5. The molecule has 3 aromatic carbocycles. The molecule has 192 valence electrons. The third-order valence-corrected chi connectivity index (χ3v) is 8.15. The lowest BCUT2D eigenvalue weighted by Crippen LogP contribution is -2.53. The summed E-state index contributed by atoms with van der Waals surface area (Å²) in [6.07, 6.45) is 3.45. The number of nitrogens with one attached hydrogen (secondary N) is 1. The first-order chi connectivity index (χ1) is 17.9. The fourth-order valence-electron chi connectivity index (χ4n) is 6.04. The highest BCUT2D eigenvalue weighted by molar-refractivity contribution is 6.30. The zero-order valence-electron chi connectivity index (χ0n) is 21.3. The number of fused-ring (bicyclic) bond motifs is 1. The molecule has 0 spiro atoms. The number of carbonyl (C=O) groups is 2. The van der Waals surface area contributed by atoms with Gasteiger partial charge in [0.1, 0.15) is 0 Å². The highest BCUT2D eigenvalue weighted by Gasteiger charge is 2.38. The molecule has 0 aliphatic carbocycles. The number of hydrogen-bond donors (Lipinski definition) is 1. The van der Waals surface area contributed by atoms with Crippen molar-refractivity contribution in [1.82, 2.24) is 15.1 Å². The monoisotopic (exact) mass is 515 g/mol. The van der Waals surface area contributed by atoms with Gasteiger partial charge in [0, 0.05) is 43.7 Å². The number of benzene rings is 3. The van der Waals surface area contributed by atoms with Gasteiger partial charge in [0.2, 0.25) is 5.91 Å². The Morgan fingerprint density at radius 3 is 2.41 bits per heavy atom. The molecule has 5 nitrogen and oxygen atoms in total. The summed E-state index contributed by atoms with van der Waals surface area (Å²) in [4.78, 5) is 30.2. The van der Waals surface area contributed by atoms with Crippen molar-refractivity contribution in [2.45, 2.75) is 44.2 Å². The van der Waals surface area contributed by atoms with E-state index in [2.05, 4.69) is 46.6 Å². The van der Waals surface area contributed by atoms with E-state index < -0.39 is 0 Å². The minimum atomic E-state index is -0.324. The van der Waals surface area contributed by atoms with Crippen molar-refractivity contribution in [3.8, 4) is 0 Å². The van der Waals surface area contributed by atoms with Crippen molar-refractivity contribution in [2.24, 2.45) is 0 Å². The summed E-state index contributed by atoms with van der Waals surface area (Å²) in [5, 5.41) is 3.84. The minimum absolute atomic E-state index is 0.00582. The second kappa shape index (κ2) is 11.1. The molecule has 2 amide bonds. The van der Waals surface area contributed by atoms with Crippen molar-refractivity contribution >= 4 is 23.4 Å². The van der Waals surface area contributed by atoms with Crippen LogP contribution in [0.5, 0.6) is 0 Å². The first-order valence-electron chi connectivity index (χ1n) is 13.2. The molecule has 1 saturated heterocycles. The van der Waals surface area contributed by atoms with Gasteiger partial charge in [-0.3, -0.25) is 9.59 Å². The van der Waals surface area contributed by atoms with E-state index in [0.29, 0.717) is 17.1 Å². The first kappa shape index (κ1) is 25.5. The number of nitrogens with zero attached hydrogens (tertiary/aromatic N) is 2. The van der Waals surface area contributed by atoms with Crippen molar-refractivity contribution in [3.63, 3.8) is 0 Å². The number of halogens is 1. The minimum Gasteiger partial charge on any atom is -0.347 e. The molecular weight excluding hydrogens is 482 g/mol. The molecule has 1 atom stereocenters. The van der Waals surface area contributed by atoms with Gasteiger partial charge in [-0.1, -0.05) is 72.3 Å². The summed E-state index contributed by atoms with van der Waals surface area (Å²) in [6, 6.07) is 26.1. The van der Waals surface area contributed by atoms with E-state index in [-0.39, 0.29) is 23.4 Å². The van der Waals surface area contributed by atoms with Crippen LogP contribution < -0.4 is 5.32 Å². The molecule has 0 aromatic heterocycles. The zero-order chi connectivity index (χ0) is 25.8.